The van der Waals surface area contributed by atoms with Crippen LogP contribution in [0.15, 0.2) is 24.3 Å². The van der Waals surface area contributed by atoms with Gasteiger partial charge in [-0.2, -0.15) is 0 Å². The summed E-state index contributed by atoms with van der Waals surface area (Å²) in [7, 11) is 0. The van der Waals surface area contributed by atoms with Crippen molar-refractivity contribution in [3.05, 3.63) is 29.8 Å². The van der Waals surface area contributed by atoms with Crippen molar-refractivity contribution in [1.29, 1.82) is 0 Å². The first kappa shape index (κ1) is 16.4. The van der Waals surface area contributed by atoms with Gasteiger partial charge in [0.15, 0.2) is 0 Å². The number of hydrogen-bond acceptors (Lipinski definition) is 2. The maximum absolute atomic E-state index is 11.0. The van der Waals surface area contributed by atoms with Crippen LogP contribution in [0.3, 0.4) is 0 Å². The topological polar surface area (TPSA) is 29.5 Å². The molecule has 0 heterocycles. The molecule has 2 heteroatoms. The molecule has 0 aliphatic heterocycles. The number of ether oxygens (including phenoxy) is 1. The molecular formula is C19H30O2. The summed E-state index contributed by atoms with van der Waals surface area (Å²) < 4.78 is 5.62. The fourth-order valence-corrected chi connectivity index (χ4v) is 3.46. The average Bonchev–Trinajstić information content (AvgIpc) is 2.69. The molecule has 0 aromatic heterocycles. The fraction of sp³-hybridized carbons (Fsp3) is 0.684. The van der Waals surface area contributed by atoms with Crippen LogP contribution in [-0.2, 0) is 5.60 Å². The second-order valence-corrected chi connectivity index (χ2v) is 6.49. The third-order valence-electron chi connectivity index (χ3n) is 4.73. The molecule has 0 amide bonds. The van der Waals surface area contributed by atoms with Crippen LogP contribution < -0.4 is 4.74 Å². The van der Waals surface area contributed by atoms with Gasteiger partial charge in [0.25, 0.3) is 0 Å². The van der Waals surface area contributed by atoms with E-state index in [4.69, 9.17) is 4.74 Å². The van der Waals surface area contributed by atoms with Gasteiger partial charge in [-0.25, -0.2) is 0 Å². The van der Waals surface area contributed by atoms with Gasteiger partial charge in [0, 0.05) is 0 Å². The first-order valence-electron chi connectivity index (χ1n) is 8.63. The van der Waals surface area contributed by atoms with Crippen molar-refractivity contribution in [2.75, 3.05) is 6.61 Å². The quantitative estimate of drug-likeness (QED) is 0.743. The van der Waals surface area contributed by atoms with Crippen LogP contribution in [0.4, 0.5) is 0 Å². The summed E-state index contributed by atoms with van der Waals surface area (Å²) in [5.74, 6) is 1.71. The Morgan fingerprint density at radius 2 is 1.86 bits per heavy atom. The fourth-order valence-electron chi connectivity index (χ4n) is 3.46. The predicted molar refractivity (Wildman–Crippen MR) is 87.6 cm³/mol. The molecule has 1 saturated carbocycles. The lowest BCUT2D eigenvalue weighted by Crippen LogP contribution is -2.24. The highest BCUT2D eigenvalue weighted by molar-refractivity contribution is 5.31. The molecule has 2 unspecified atom stereocenters. The Labute approximate surface area is 129 Å². The molecule has 1 aliphatic rings. The Balaban J connectivity index is 2.01. The van der Waals surface area contributed by atoms with Gasteiger partial charge in [0.2, 0.25) is 0 Å². The summed E-state index contributed by atoms with van der Waals surface area (Å²) in [6.07, 6.45) is 8.92. The monoisotopic (exact) mass is 290 g/mol. The van der Waals surface area contributed by atoms with Gasteiger partial charge in [0.1, 0.15) is 5.75 Å². The van der Waals surface area contributed by atoms with E-state index in [-0.39, 0.29) is 0 Å². The van der Waals surface area contributed by atoms with Crippen molar-refractivity contribution in [3.63, 3.8) is 0 Å². The number of aliphatic hydroxyl groups is 1. The van der Waals surface area contributed by atoms with E-state index in [0.717, 1.165) is 55.9 Å². The van der Waals surface area contributed by atoms with E-state index in [1.165, 1.54) is 19.3 Å². The van der Waals surface area contributed by atoms with Crippen molar-refractivity contribution in [1.82, 2.24) is 0 Å². The zero-order chi connectivity index (χ0) is 15.1. The Hall–Kier alpha value is -1.02. The highest BCUT2D eigenvalue weighted by Gasteiger charge is 2.32. The zero-order valence-electron chi connectivity index (χ0n) is 13.6. The number of benzene rings is 1. The first-order valence-corrected chi connectivity index (χ1v) is 8.63. The van der Waals surface area contributed by atoms with E-state index in [2.05, 4.69) is 13.8 Å². The standard InChI is InChI=1S/C19H30O2/c1-3-6-16-7-5-13-19(20,14-12-16)17-8-10-18(11-9-17)21-15-4-2/h8-11,16,20H,3-7,12-15H2,1-2H3. The SMILES string of the molecule is CCCOc1ccc(C2(O)CCCC(CCC)CC2)cc1. The summed E-state index contributed by atoms with van der Waals surface area (Å²) in [6.45, 7) is 5.11. The van der Waals surface area contributed by atoms with Crippen molar-refractivity contribution in [3.8, 4) is 5.75 Å². The molecule has 0 saturated heterocycles. The van der Waals surface area contributed by atoms with Crippen molar-refractivity contribution in [2.45, 2.75) is 70.8 Å². The van der Waals surface area contributed by atoms with Crippen LogP contribution in [0.2, 0.25) is 0 Å². The lowest BCUT2D eigenvalue weighted by molar-refractivity contribution is 0.0195. The maximum Gasteiger partial charge on any atom is 0.119 e. The number of hydrogen-bond donors (Lipinski definition) is 1. The molecule has 21 heavy (non-hydrogen) atoms. The lowest BCUT2D eigenvalue weighted by Gasteiger charge is -2.27. The molecule has 0 bridgehead atoms. The molecule has 1 N–H and O–H groups in total. The Morgan fingerprint density at radius 1 is 1.10 bits per heavy atom. The summed E-state index contributed by atoms with van der Waals surface area (Å²) in [5, 5.41) is 11.0. The van der Waals surface area contributed by atoms with Crippen molar-refractivity contribution in [2.24, 2.45) is 5.92 Å². The highest BCUT2D eigenvalue weighted by Crippen LogP contribution is 2.39. The Bertz CT molecular complexity index is 412. The van der Waals surface area contributed by atoms with Gasteiger partial charge in [-0.3, -0.25) is 0 Å². The summed E-state index contributed by atoms with van der Waals surface area (Å²) in [5.41, 5.74) is 0.426. The van der Waals surface area contributed by atoms with Crippen LogP contribution in [0.1, 0.15) is 70.8 Å². The minimum atomic E-state index is -0.633. The number of rotatable bonds is 6. The van der Waals surface area contributed by atoms with Gasteiger partial charge in [0.05, 0.1) is 12.2 Å². The molecule has 1 aromatic carbocycles. The Morgan fingerprint density at radius 3 is 2.52 bits per heavy atom. The molecule has 1 fully saturated rings. The van der Waals surface area contributed by atoms with E-state index < -0.39 is 5.60 Å². The molecule has 2 rings (SSSR count). The molecule has 2 atom stereocenters. The molecule has 0 radical (unpaired) electrons. The minimum Gasteiger partial charge on any atom is -0.494 e. The van der Waals surface area contributed by atoms with Gasteiger partial charge >= 0.3 is 0 Å². The molecule has 1 aliphatic carbocycles. The second-order valence-electron chi connectivity index (χ2n) is 6.49. The third-order valence-corrected chi connectivity index (χ3v) is 4.73. The van der Waals surface area contributed by atoms with E-state index in [1.54, 1.807) is 0 Å². The smallest absolute Gasteiger partial charge is 0.119 e. The second kappa shape index (κ2) is 7.84. The predicted octanol–water partition coefficient (Wildman–Crippen LogP) is 5.04. The van der Waals surface area contributed by atoms with E-state index in [9.17, 15) is 5.11 Å². The highest BCUT2D eigenvalue weighted by atomic mass is 16.5. The maximum atomic E-state index is 11.0. The average molecular weight is 290 g/mol. The van der Waals surface area contributed by atoms with E-state index in [1.807, 2.05) is 24.3 Å². The molecule has 1 aromatic rings. The van der Waals surface area contributed by atoms with Crippen LogP contribution in [-0.4, -0.2) is 11.7 Å². The van der Waals surface area contributed by atoms with Crippen LogP contribution in [0.5, 0.6) is 5.75 Å². The Kier molecular flexibility index (Phi) is 6.10. The summed E-state index contributed by atoms with van der Waals surface area (Å²) >= 11 is 0. The van der Waals surface area contributed by atoms with Crippen LogP contribution in [0.25, 0.3) is 0 Å². The van der Waals surface area contributed by atoms with Crippen molar-refractivity contribution < 1.29 is 9.84 Å². The van der Waals surface area contributed by atoms with Crippen LogP contribution >= 0.6 is 0 Å². The molecule has 2 nitrogen and oxygen atoms in total. The van der Waals surface area contributed by atoms with Crippen LogP contribution in [0, 0.1) is 5.92 Å². The third kappa shape index (κ3) is 4.47. The molecule has 0 spiro atoms. The van der Waals surface area contributed by atoms with E-state index >= 15 is 0 Å². The summed E-state index contributed by atoms with van der Waals surface area (Å²) in [4.78, 5) is 0. The largest absolute Gasteiger partial charge is 0.494 e. The lowest BCUT2D eigenvalue weighted by atomic mass is 9.86. The van der Waals surface area contributed by atoms with Gasteiger partial charge in [-0.15, -0.1) is 0 Å². The first-order chi connectivity index (χ1) is 10.2. The van der Waals surface area contributed by atoms with E-state index in [0.29, 0.717) is 0 Å². The molecular weight excluding hydrogens is 260 g/mol. The van der Waals surface area contributed by atoms with Crippen molar-refractivity contribution >= 4 is 0 Å². The summed E-state index contributed by atoms with van der Waals surface area (Å²) in [6, 6.07) is 8.09. The molecule has 118 valence electrons. The van der Waals surface area contributed by atoms with Gasteiger partial charge < -0.3 is 9.84 Å². The van der Waals surface area contributed by atoms with Gasteiger partial charge in [-0.1, -0.05) is 45.2 Å². The normalized spacial score (nSPS) is 26.3. The zero-order valence-corrected chi connectivity index (χ0v) is 13.6. The van der Waals surface area contributed by atoms with Gasteiger partial charge in [-0.05, 0) is 55.7 Å². The minimum absolute atomic E-state index is 0.633.